The molecule has 3 aromatic carbocycles. The molecule has 0 heterocycles. The first-order valence-corrected chi connectivity index (χ1v) is 10.3. The maximum atomic E-state index is 13.2. The lowest BCUT2D eigenvalue weighted by molar-refractivity contribution is -0.136. The monoisotopic (exact) mass is 489 g/mol. The van der Waals surface area contributed by atoms with Crippen molar-refractivity contribution in [1.29, 1.82) is 0 Å². The summed E-state index contributed by atoms with van der Waals surface area (Å²) in [5.74, 6) is -1.44. The number of hydrogen-bond donors (Lipinski definition) is 2. The third kappa shape index (κ3) is 6.93. The Balaban J connectivity index is 1.58. The molecule has 3 rings (SSSR count). The average molecular weight is 490 g/mol. The Bertz CT molecular complexity index is 1200. The lowest BCUT2D eigenvalue weighted by atomic mass is 10.2. The number of carbonyl (C=O) groups excluding carboxylic acids is 2. The van der Waals surface area contributed by atoms with Crippen molar-refractivity contribution >= 4 is 46.9 Å². The smallest absolute Gasteiger partial charge is 0.329 e. The third-order valence-corrected chi connectivity index (χ3v) is 4.84. The summed E-state index contributed by atoms with van der Waals surface area (Å²) in [6.45, 7) is 0.112. The maximum absolute atomic E-state index is 13.2. The van der Waals surface area contributed by atoms with E-state index in [9.17, 15) is 14.0 Å². The molecule has 2 N–H and O–H groups in total. The number of methoxy groups -OCH3 is 1. The number of nitrogens with zero attached hydrogens (tertiary/aromatic N) is 1. The molecule has 0 aliphatic rings. The molecule has 0 aliphatic heterocycles. The van der Waals surface area contributed by atoms with Gasteiger partial charge in [-0.25, -0.2) is 9.82 Å². The van der Waals surface area contributed by atoms with Crippen LogP contribution in [0.3, 0.4) is 0 Å². The predicted octanol–water partition coefficient (Wildman–Crippen LogP) is 4.81. The number of nitrogens with one attached hydrogen (secondary N) is 2. The van der Waals surface area contributed by atoms with Gasteiger partial charge < -0.3 is 14.8 Å². The van der Waals surface area contributed by atoms with Crippen molar-refractivity contribution in [3.8, 4) is 11.5 Å². The average Bonchev–Trinajstić information content (AvgIpc) is 2.78. The Morgan fingerprint density at radius 1 is 1.03 bits per heavy atom. The van der Waals surface area contributed by atoms with Crippen molar-refractivity contribution in [2.45, 2.75) is 6.61 Å². The Morgan fingerprint density at radius 3 is 2.58 bits per heavy atom. The summed E-state index contributed by atoms with van der Waals surface area (Å²) in [5, 5.41) is 6.88. The van der Waals surface area contributed by atoms with Crippen molar-refractivity contribution in [3.05, 3.63) is 87.7 Å². The molecule has 0 saturated carbocycles. The van der Waals surface area contributed by atoms with Crippen LogP contribution in [0.25, 0.3) is 0 Å². The van der Waals surface area contributed by atoms with Crippen LogP contribution in [0.1, 0.15) is 11.1 Å². The number of hydrogen-bond acceptors (Lipinski definition) is 5. The van der Waals surface area contributed by atoms with E-state index in [2.05, 4.69) is 15.8 Å². The van der Waals surface area contributed by atoms with Crippen LogP contribution in [0.15, 0.2) is 65.8 Å². The molecule has 0 unspecified atom stereocenters. The highest BCUT2D eigenvalue weighted by atomic mass is 35.5. The molecule has 3 aromatic rings. The zero-order valence-electron chi connectivity index (χ0n) is 17.3. The van der Waals surface area contributed by atoms with Gasteiger partial charge in [0.25, 0.3) is 0 Å². The first-order chi connectivity index (χ1) is 15.9. The molecule has 0 radical (unpaired) electrons. The van der Waals surface area contributed by atoms with Gasteiger partial charge in [0.2, 0.25) is 0 Å². The largest absolute Gasteiger partial charge is 0.493 e. The number of rotatable bonds is 7. The van der Waals surface area contributed by atoms with E-state index >= 15 is 0 Å². The van der Waals surface area contributed by atoms with E-state index in [1.165, 1.54) is 37.6 Å². The van der Waals surface area contributed by atoms with Gasteiger partial charge in [-0.15, -0.1) is 0 Å². The van der Waals surface area contributed by atoms with E-state index in [4.69, 9.17) is 32.7 Å². The summed E-state index contributed by atoms with van der Waals surface area (Å²) in [7, 11) is 1.47. The summed E-state index contributed by atoms with van der Waals surface area (Å²) >= 11 is 11.9. The first-order valence-electron chi connectivity index (χ1n) is 9.50. The fourth-order valence-electron chi connectivity index (χ4n) is 2.65. The molecule has 7 nitrogen and oxygen atoms in total. The molecule has 0 aromatic heterocycles. The van der Waals surface area contributed by atoms with Gasteiger partial charge in [0.15, 0.2) is 11.5 Å². The highest BCUT2D eigenvalue weighted by molar-refractivity contribution is 6.39. The summed E-state index contributed by atoms with van der Waals surface area (Å²) in [5.41, 5.74) is 3.72. The fourth-order valence-corrected chi connectivity index (χ4v) is 3.06. The molecule has 170 valence electrons. The third-order valence-electron chi connectivity index (χ3n) is 4.25. The number of anilines is 1. The molecule has 10 heteroatoms. The predicted molar refractivity (Wildman–Crippen MR) is 125 cm³/mol. The Labute approximate surface area is 199 Å². The van der Waals surface area contributed by atoms with Crippen LogP contribution in [-0.4, -0.2) is 25.1 Å². The van der Waals surface area contributed by atoms with Gasteiger partial charge in [0.05, 0.1) is 18.3 Å². The van der Waals surface area contributed by atoms with Crippen LogP contribution in [0.2, 0.25) is 10.0 Å². The Hall–Kier alpha value is -3.62. The molecule has 0 saturated heterocycles. The molecule has 0 atom stereocenters. The zero-order chi connectivity index (χ0) is 23.8. The number of benzene rings is 3. The minimum Gasteiger partial charge on any atom is -0.493 e. The van der Waals surface area contributed by atoms with Crippen molar-refractivity contribution in [3.63, 3.8) is 0 Å². The minimum atomic E-state index is -0.950. The molecule has 0 spiro atoms. The lowest BCUT2D eigenvalue weighted by Gasteiger charge is -2.12. The topological polar surface area (TPSA) is 89.0 Å². The van der Waals surface area contributed by atoms with Gasteiger partial charge in [-0.2, -0.15) is 5.10 Å². The number of carbonyl (C=O) groups is 2. The van der Waals surface area contributed by atoms with E-state index in [0.717, 1.165) is 0 Å². The minimum absolute atomic E-state index is 0.112. The van der Waals surface area contributed by atoms with Gasteiger partial charge >= 0.3 is 11.8 Å². The van der Waals surface area contributed by atoms with Crippen molar-refractivity contribution in [1.82, 2.24) is 5.43 Å². The molecule has 33 heavy (non-hydrogen) atoms. The quantitative estimate of drug-likeness (QED) is 0.283. The second-order valence-electron chi connectivity index (χ2n) is 6.60. The standard InChI is InChI=1S/C23H18Cl2FN3O4/c1-32-21-9-14(5-8-20(21)33-13-15-6-7-17(26)11-19(15)25)12-27-29-23(31)22(30)28-18-4-2-3-16(24)10-18/h2-12H,13H2,1H3,(H,28,30)(H,29,31)/b27-12+. The van der Waals surface area contributed by atoms with Crippen LogP contribution < -0.4 is 20.2 Å². The van der Waals surface area contributed by atoms with Crippen molar-refractivity contribution < 1.29 is 23.5 Å². The fraction of sp³-hybridized carbons (Fsp3) is 0.0870. The normalized spacial score (nSPS) is 10.7. The number of amides is 2. The summed E-state index contributed by atoms with van der Waals surface area (Å²) in [6, 6.07) is 15.4. The van der Waals surface area contributed by atoms with E-state index in [-0.39, 0.29) is 11.6 Å². The van der Waals surface area contributed by atoms with Crippen molar-refractivity contribution in [2.24, 2.45) is 5.10 Å². The second-order valence-corrected chi connectivity index (χ2v) is 7.44. The number of hydrazone groups is 1. The maximum Gasteiger partial charge on any atom is 0.329 e. The van der Waals surface area contributed by atoms with E-state index < -0.39 is 17.6 Å². The Morgan fingerprint density at radius 2 is 1.85 bits per heavy atom. The van der Waals surface area contributed by atoms with Crippen LogP contribution in [0, 0.1) is 5.82 Å². The van der Waals surface area contributed by atoms with Gasteiger partial charge in [-0.3, -0.25) is 9.59 Å². The first kappa shape index (κ1) is 24.0. The van der Waals surface area contributed by atoms with E-state index in [1.807, 2.05) is 0 Å². The summed E-state index contributed by atoms with van der Waals surface area (Å²) in [6.07, 6.45) is 1.34. The molecule has 2 amide bonds. The van der Waals surface area contributed by atoms with Crippen molar-refractivity contribution in [2.75, 3.05) is 12.4 Å². The van der Waals surface area contributed by atoms with Crippen LogP contribution >= 0.6 is 23.2 Å². The molecule has 0 bridgehead atoms. The van der Waals surface area contributed by atoms with Gasteiger partial charge in [-0.1, -0.05) is 35.3 Å². The van der Waals surface area contributed by atoms with E-state index in [0.29, 0.717) is 33.3 Å². The van der Waals surface area contributed by atoms with Gasteiger partial charge in [0, 0.05) is 16.3 Å². The molecule has 0 fully saturated rings. The zero-order valence-corrected chi connectivity index (χ0v) is 18.8. The number of ether oxygens (including phenoxy) is 2. The van der Waals surface area contributed by atoms with Crippen LogP contribution in [-0.2, 0) is 16.2 Å². The van der Waals surface area contributed by atoms with E-state index in [1.54, 1.807) is 36.4 Å². The highest BCUT2D eigenvalue weighted by Crippen LogP contribution is 2.29. The SMILES string of the molecule is COc1cc(/C=N/NC(=O)C(=O)Nc2cccc(Cl)c2)ccc1OCc1ccc(F)cc1Cl. The van der Waals surface area contributed by atoms with Crippen LogP contribution in [0.5, 0.6) is 11.5 Å². The van der Waals surface area contributed by atoms with Gasteiger partial charge in [-0.05, 0) is 54.1 Å². The molecular formula is C23H18Cl2FN3O4. The number of halogens is 3. The highest BCUT2D eigenvalue weighted by Gasteiger charge is 2.13. The Kier molecular flexibility index (Phi) is 8.23. The second kappa shape index (κ2) is 11.3. The lowest BCUT2D eigenvalue weighted by Crippen LogP contribution is -2.32. The van der Waals surface area contributed by atoms with Crippen LogP contribution in [0.4, 0.5) is 10.1 Å². The summed E-state index contributed by atoms with van der Waals surface area (Å²) < 4.78 is 24.2. The molecule has 0 aliphatic carbocycles. The summed E-state index contributed by atoms with van der Waals surface area (Å²) in [4.78, 5) is 23.9. The molecular weight excluding hydrogens is 472 g/mol. The van der Waals surface area contributed by atoms with Gasteiger partial charge in [0.1, 0.15) is 12.4 Å².